The van der Waals surface area contributed by atoms with Crippen LogP contribution in [-0.4, -0.2) is 22.5 Å². The van der Waals surface area contributed by atoms with Gasteiger partial charge < -0.3 is 15.4 Å². The summed E-state index contributed by atoms with van der Waals surface area (Å²) < 4.78 is 39.1. The number of rotatable bonds is 4. The molecule has 1 amide bonds. The molecule has 1 unspecified atom stereocenters. The lowest BCUT2D eigenvalue weighted by molar-refractivity contribution is 0.0912. The molecule has 1 aromatic carbocycles. The molecule has 4 nitrogen and oxygen atoms in total. The zero-order valence-electron chi connectivity index (χ0n) is 11.6. The monoisotopic (exact) mass is 340 g/mol. The molecular formula is C15H11F3N2O2S. The van der Waals surface area contributed by atoms with Crippen molar-refractivity contribution in [2.45, 2.75) is 6.10 Å². The minimum absolute atomic E-state index is 0.158. The second kappa shape index (κ2) is 6.05. The number of halogens is 3. The number of carbonyl (C=O) groups excluding carboxylic acids is 1. The minimum atomic E-state index is -1.60. The number of thiophene rings is 1. The SMILES string of the molecule is O=C(NCC(O)c1cc(F)c(F)c(F)c1)c1cc2ccsc2[nH]1. The number of carbonyl (C=O) groups is 1. The molecule has 0 spiro atoms. The summed E-state index contributed by atoms with van der Waals surface area (Å²) in [6.07, 6.45) is -1.36. The average molecular weight is 340 g/mol. The van der Waals surface area contributed by atoms with Gasteiger partial charge in [0, 0.05) is 11.9 Å². The second-order valence-electron chi connectivity index (χ2n) is 4.91. The van der Waals surface area contributed by atoms with Crippen LogP contribution in [0.15, 0.2) is 29.6 Å². The van der Waals surface area contributed by atoms with Crippen molar-refractivity contribution in [2.75, 3.05) is 6.54 Å². The van der Waals surface area contributed by atoms with Crippen LogP contribution in [0, 0.1) is 17.5 Å². The third-order valence-electron chi connectivity index (χ3n) is 3.34. The number of benzene rings is 1. The van der Waals surface area contributed by atoms with Gasteiger partial charge in [-0.2, -0.15) is 0 Å². The molecule has 0 saturated heterocycles. The van der Waals surface area contributed by atoms with Crippen molar-refractivity contribution in [3.8, 4) is 0 Å². The van der Waals surface area contributed by atoms with Crippen LogP contribution in [0.2, 0.25) is 0 Å². The molecule has 0 radical (unpaired) electrons. The lowest BCUT2D eigenvalue weighted by Gasteiger charge is -2.12. The lowest BCUT2D eigenvalue weighted by atomic mass is 10.1. The van der Waals surface area contributed by atoms with Gasteiger partial charge in [-0.15, -0.1) is 11.3 Å². The van der Waals surface area contributed by atoms with Crippen molar-refractivity contribution in [3.63, 3.8) is 0 Å². The van der Waals surface area contributed by atoms with Gasteiger partial charge in [-0.05, 0) is 35.2 Å². The van der Waals surface area contributed by atoms with Crippen LogP contribution in [0.1, 0.15) is 22.2 Å². The molecule has 2 aromatic heterocycles. The summed E-state index contributed by atoms with van der Waals surface area (Å²) in [6.45, 7) is -0.268. The highest BCUT2D eigenvalue weighted by Gasteiger charge is 2.17. The summed E-state index contributed by atoms with van der Waals surface area (Å²) in [6, 6.07) is 4.90. The number of hydrogen-bond acceptors (Lipinski definition) is 3. The average Bonchev–Trinajstić information content (AvgIpc) is 3.10. The van der Waals surface area contributed by atoms with E-state index < -0.39 is 29.5 Å². The number of amides is 1. The fourth-order valence-electron chi connectivity index (χ4n) is 2.14. The van der Waals surface area contributed by atoms with Gasteiger partial charge in [0.1, 0.15) is 10.5 Å². The van der Waals surface area contributed by atoms with Crippen molar-refractivity contribution in [3.05, 3.63) is 58.4 Å². The van der Waals surface area contributed by atoms with Gasteiger partial charge in [-0.3, -0.25) is 4.79 Å². The molecule has 3 rings (SSSR count). The smallest absolute Gasteiger partial charge is 0.267 e. The third kappa shape index (κ3) is 3.08. The first-order valence-electron chi connectivity index (χ1n) is 6.62. The quantitative estimate of drug-likeness (QED) is 0.639. The highest BCUT2D eigenvalue weighted by molar-refractivity contribution is 7.16. The molecule has 0 aliphatic heterocycles. The van der Waals surface area contributed by atoms with Crippen molar-refractivity contribution in [2.24, 2.45) is 0 Å². The first kappa shape index (κ1) is 15.6. The first-order chi connectivity index (χ1) is 11.0. The Kier molecular flexibility index (Phi) is 4.10. The zero-order chi connectivity index (χ0) is 16.6. The van der Waals surface area contributed by atoms with E-state index in [9.17, 15) is 23.1 Å². The van der Waals surface area contributed by atoms with E-state index in [2.05, 4.69) is 10.3 Å². The molecule has 3 aromatic rings. The van der Waals surface area contributed by atoms with E-state index in [0.717, 1.165) is 10.2 Å². The van der Waals surface area contributed by atoms with Crippen molar-refractivity contribution < 1.29 is 23.1 Å². The van der Waals surface area contributed by atoms with E-state index in [-0.39, 0.29) is 12.1 Å². The van der Waals surface area contributed by atoms with E-state index >= 15 is 0 Å². The predicted octanol–water partition coefficient (Wildman–Crippen LogP) is 3.11. The second-order valence-corrected chi connectivity index (χ2v) is 5.83. The van der Waals surface area contributed by atoms with Gasteiger partial charge in [0.2, 0.25) is 0 Å². The Balaban J connectivity index is 1.67. The molecule has 1 atom stereocenters. The fourth-order valence-corrected chi connectivity index (χ4v) is 2.92. The number of aliphatic hydroxyl groups is 1. The largest absolute Gasteiger partial charge is 0.387 e. The molecule has 0 aliphatic rings. The maximum absolute atomic E-state index is 13.1. The van der Waals surface area contributed by atoms with Crippen molar-refractivity contribution in [1.29, 1.82) is 0 Å². The van der Waals surface area contributed by atoms with Crippen molar-refractivity contribution in [1.82, 2.24) is 10.3 Å². The minimum Gasteiger partial charge on any atom is -0.387 e. The van der Waals surface area contributed by atoms with Crippen LogP contribution in [0.25, 0.3) is 10.2 Å². The molecule has 0 aliphatic carbocycles. The molecule has 0 bridgehead atoms. The van der Waals surface area contributed by atoms with Crippen LogP contribution < -0.4 is 5.32 Å². The molecule has 8 heteroatoms. The van der Waals surface area contributed by atoms with Gasteiger partial charge in [0.15, 0.2) is 17.5 Å². The Morgan fingerprint density at radius 2 is 1.96 bits per heavy atom. The van der Waals surface area contributed by atoms with Crippen LogP contribution in [0.4, 0.5) is 13.2 Å². The fraction of sp³-hybridized carbons (Fsp3) is 0.133. The lowest BCUT2D eigenvalue weighted by Crippen LogP contribution is -2.28. The van der Waals surface area contributed by atoms with Gasteiger partial charge in [0.25, 0.3) is 5.91 Å². The molecule has 3 N–H and O–H groups in total. The maximum Gasteiger partial charge on any atom is 0.267 e. The Labute approximate surface area is 132 Å². The van der Waals surface area contributed by atoms with E-state index in [1.165, 1.54) is 11.3 Å². The highest BCUT2D eigenvalue weighted by Crippen LogP contribution is 2.21. The maximum atomic E-state index is 13.1. The number of aromatic nitrogens is 1. The van der Waals surface area contributed by atoms with Crippen LogP contribution in [-0.2, 0) is 0 Å². The van der Waals surface area contributed by atoms with E-state index in [1.54, 1.807) is 6.07 Å². The Morgan fingerprint density at radius 1 is 1.26 bits per heavy atom. The molecule has 2 heterocycles. The molecule has 120 valence electrons. The molecule has 0 fully saturated rings. The van der Waals surface area contributed by atoms with E-state index in [4.69, 9.17) is 0 Å². The van der Waals surface area contributed by atoms with Crippen LogP contribution >= 0.6 is 11.3 Å². The van der Waals surface area contributed by atoms with Crippen LogP contribution in [0.5, 0.6) is 0 Å². The summed E-state index contributed by atoms with van der Waals surface area (Å²) in [5.74, 6) is -4.85. The number of fused-ring (bicyclic) bond motifs is 1. The molecule has 23 heavy (non-hydrogen) atoms. The van der Waals surface area contributed by atoms with E-state index in [1.807, 2.05) is 11.4 Å². The van der Waals surface area contributed by atoms with Gasteiger partial charge in [0.05, 0.1) is 6.10 Å². The highest BCUT2D eigenvalue weighted by atomic mass is 32.1. The van der Waals surface area contributed by atoms with Crippen molar-refractivity contribution >= 4 is 27.5 Å². The Hall–Kier alpha value is -2.32. The summed E-state index contributed by atoms with van der Waals surface area (Å²) >= 11 is 1.45. The summed E-state index contributed by atoms with van der Waals surface area (Å²) in [5.41, 5.74) is 0.157. The van der Waals surface area contributed by atoms with Gasteiger partial charge >= 0.3 is 0 Å². The normalized spacial score (nSPS) is 12.5. The number of hydrogen-bond donors (Lipinski definition) is 3. The first-order valence-corrected chi connectivity index (χ1v) is 7.50. The summed E-state index contributed by atoms with van der Waals surface area (Å²) in [5, 5.41) is 15.1. The number of aliphatic hydroxyl groups excluding tert-OH is 1. The summed E-state index contributed by atoms with van der Waals surface area (Å²) in [7, 11) is 0. The Morgan fingerprint density at radius 3 is 2.61 bits per heavy atom. The van der Waals surface area contributed by atoms with Crippen LogP contribution in [0.3, 0.4) is 0 Å². The Bertz CT molecular complexity index is 823. The number of aromatic amines is 1. The zero-order valence-corrected chi connectivity index (χ0v) is 12.4. The predicted molar refractivity (Wildman–Crippen MR) is 79.8 cm³/mol. The molecular weight excluding hydrogens is 329 g/mol. The van der Waals surface area contributed by atoms with Gasteiger partial charge in [-0.25, -0.2) is 13.2 Å². The number of nitrogens with one attached hydrogen (secondary N) is 2. The number of H-pyrrole nitrogens is 1. The summed E-state index contributed by atoms with van der Waals surface area (Å²) in [4.78, 5) is 15.7. The molecule has 0 saturated carbocycles. The topological polar surface area (TPSA) is 65.1 Å². The standard InChI is InChI=1S/C15H11F3N2O2S/c16-9-3-8(4-10(17)13(9)18)12(21)6-19-14(22)11-5-7-1-2-23-15(7)20-11/h1-5,12,20-21H,6H2,(H,19,22). The van der Waals surface area contributed by atoms with E-state index in [0.29, 0.717) is 17.8 Å². The van der Waals surface area contributed by atoms with Gasteiger partial charge in [-0.1, -0.05) is 0 Å². The third-order valence-corrected chi connectivity index (χ3v) is 4.18.